The van der Waals surface area contributed by atoms with Gasteiger partial charge in [-0.1, -0.05) is 0 Å². The second-order valence-corrected chi connectivity index (χ2v) is 35.0. The fraction of sp³-hybridized carbons (Fsp3) is 0.400. The summed E-state index contributed by atoms with van der Waals surface area (Å²) in [5.41, 5.74) is 19.4. The minimum absolute atomic E-state index is 0.651. The van der Waals surface area contributed by atoms with Gasteiger partial charge in [-0.05, 0) is 0 Å². The van der Waals surface area contributed by atoms with Gasteiger partial charge in [0.05, 0.1) is 0 Å². The molecule has 0 fully saturated rings. The fourth-order valence-electron chi connectivity index (χ4n) is 2.44. The maximum absolute atomic E-state index is 2.42. The summed E-state index contributed by atoms with van der Waals surface area (Å²) in [6, 6.07) is 18.1. The van der Waals surface area contributed by atoms with Crippen molar-refractivity contribution < 1.29 is 8.46 Å². The van der Waals surface area contributed by atoms with Crippen molar-refractivity contribution in [2.24, 2.45) is 0 Å². The van der Waals surface area contributed by atoms with Crippen molar-refractivity contribution in [2.45, 2.75) is 45.7 Å². The van der Waals surface area contributed by atoms with E-state index in [2.05, 4.69) is 135 Å². The Morgan fingerprint density at radius 1 is 0.481 bits per heavy atom. The molecule has 0 spiro atoms. The van der Waals surface area contributed by atoms with Crippen molar-refractivity contribution in [2.75, 3.05) is 0 Å². The Kier molecular flexibility index (Phi) is 18.9. The molecular weight excluding hydrogens is 850 g/mol. The average Bonchev–Trinajstić information content (AvgIpc) is 2.62. The quantitative estimate of drug-likeness (QED) is 0.301. The maximum atomic E-state index is 2.42. The summed E-state index contributed by atoms with van der Waals surface area (Å²) in [5.74, 6) is 0. The van der Waals surface area contributed by atoms with Crippen LogP contribution in [0.3, 0.4) is 0 Å². The van der Waals surface area contributed by atoms with Gasteiger partial charge < -0.3 is 0 Å². The van der Waals surface area contributed by atoms with Crippen LogP contribution in [0.5, 0.6) is 0 Å². The SMILES string of the molecule is C[As](C)c1ccccc1[As](C)C.C[As](C)c1ccccc1[As](C)C.[I][Fe+][I]. The Morgan fingerprint density at radius 2 is 0.630 bits per heavy atom. The molecule has 2 aromatic rings. The number of halogens is 2. The predicted octanol–water partition coefficient (Wildman–Crippen LogP) is 4.99. The van der Waals surface area contributed by atoms with Crippen molar-refractivity contribution in [1.29, 1.82) is 0 Å². The van der Waals surface area contributed by atoms with Crippen LogP contribution >= 0.6 is 40.7 Å². The topological polar surface area (TPSA) is 0 Å². The molecule has 0 nitrogen and oxygen atoms in total. The fourth-order valence-corrected chi connectivity index (χ4v) is 18.9. The molecule has 0 saturated heterocycles. The van der Waals surface area contributed by atoms with Gasteiger partial charge in [0, 0.05) is 0 Å². The molecule has 0 bridgehead atoms. The van der Waals surface area contributed by atoms with Crippen LogP contribution in [0.4, 0.5) is 0 Å². The third kappa shape index (κ3) is 12.3. The summed E-state index contributed by atoms with van der Waals surface area (Å²) in [6.07, 6.45) is 0. The first-order chi connectivity index (χ1) is 12.7. The van der Waals surface area contributed by atoms with Crippen molar-refractivity contribution in [3.05, 3.63) is 48.5 Å². The van der Waals surface area contributed by atoms with Crippen molar-refractivity contribution in [3.8, 4) is 0 Å². The average molecular weight is 882 g/mol. The van der Waals surface area contributed by atoms with E-state index < -0.39 is 58.6 Å². The van der Waals surface area contributed by atoms with E-state index >= 15 is 0 Å². The number of rotatable bonds is 4. The first-order valence-corrected chi connectivity index (χ1v) is 34.3. The molecule has 0 N–H and O–H groups in total. The summed E-state index contributed by atoms with van der Waals surface area (Å²) in [7, 11) is 1.19. The van der Waals surface area contributed by atoms with Gasteiger partial charge in [0.15, 0.2) is 0 Å². The van der Waals surface area contributed by atoms with E-state index in [9.17, 15) is 0 Å². The van der Waals surface area contributed by atoms with Crippen molar-refractivity contribution in [1.82, 2.24) is 0 Å². The van der Waals surface area contributed by atoms with Gasteiger partial charge in [-0.25, -0.2) is 0 Å². The molecule has 0 unspecified atom stereocenters. The van der Waals surface area contributed by atoms with Crippen molar-refractivity contribution >= 4 is 117 Å². The van der Waals surface area contributed by atoms with E-state index in [1.54, 1.807) is 17.4 Å². The summed E-state index contributed by atoms with van der Waals surface area (Å²) in [5, 5.41) is 0. The summed E-state index contributed by atoms with van der Waals surface area (Å²) >= 11 is 1.95. The zero-order valence-electron chi connectivity index (χ0n) is 17.5. The van der Waals surface area contributed by atoms with E-state index in [0.29, 0.717) is 0 Å². The molecule has 2 rings (SSSR count). The number of benzene rings is 2. The molecule has 0 aliphatic rings. The van der Waals surface area contributed by atoms with Gasteiger partial charge in [0.1, 0.15) is 0 Å². The predicted molar refractivity (Wildman–Crippen MR) is 149 cm³/mol. The first kappa shape index (κ1) is 29.7. The number of hydrogen-bond donors (Lipinski definition) is 0. The zero-order valence-corrected chi connectivity index (χ0v) is 30.4. The van der Waals surface area contributed by atoms with E-state index in [-0.39, 0.29) is 0 Å². The Labute approximate surface area is 215 Å². The normalized spacial score (nSPS) is 10.6. The summed E-state index contributed by atoms with van der Waals surface area (Å²) in [6.45, 7) is 0. The molecular formula is C20H32As4FeI2+. The molecule has 153 valence electrons. The Morgan fingerprint density at radius 3 is 0.741 bits per heavy atom. The molecule has 0 atom stereocenters. The molecule has 0 aliphatic carbocycles. The van der Waals surface area contributed by atoms with Gasteiger partial charge in [0.2, 0.25) is 0 Å². The monoisotopic (exact) mass is 882 g/mol. The molecule has 0 aromatic heterocycles. The van der Waals surface area contributed by atoms with Gasteiger partial charge in [-0.3, -0.25) is 0 Å². The molecule has 7 heteroatoms. The molecule has 0 saturated carbocycles. The number of hydrogen-bond acceptors (Lipinski definition) is 0. The molecule has 0 radical (unpaired) electrons. The van der Waals surface area contributed by atoms with Gasteiger partial charge in [0.25, 0.3) is 0 Å². The standard InChI is InChI=1S/2C10H16As2.Fe.2HI/c2*1-11(2)9-7-5-6-8-10(9)12(3)4;;;/h2*5-8H,1-4H3;;2*1H/q;;+3;;/p-2. The van der Waals surface area contributed by atoms with Crippen LogP contribution in [-0.2, 0) is 8.46 Å². The second-order valence-electron chi connectivity index (χ2n) is 6.61. The first-order valence-electron chi connectivity index (χ1n) is 8.39. The minimum atomic E-state index is -0.651. The van der Waals surface area contributed by atoms with Crippen LogP contribution in [0.15, 0.2) is 48.5 Å². The van der Waals surface area contributed by atoms with Crippen LogP contribution in [0, 0.1) is 0 Å². The Bertz CT molecular complexity index is 540. The molecule has 0 amide bonds. The van der Waals surface area contributed by atoms with Gasteiger partial charge >= 0.3 is 219 Å². The van der Waals surface area contributed by atoms with E-state index in [0.717, 1.165) is 0 Å². The summed E-state index contributed by atoms with van der Waals surface area (Å²) < 4.78 is 6.81. The van der Waals surface area contributed by atoms with Crippen LogP contribution in [0.1, 0.15) is 0 Å². The van der Waals surface area contributed by atoms with Crippen molar-refractivity contribution in [3.63, 3.8) is 0 Å². The summed E-state index contributed by atoms with van der Waals surface area (Å²) in [4.78, 5) is 0. The molecule has 0 heterocycles. The molecule has 0 aliphatic heterocycles. The molecule has 27 heavy (non-hydrogen) atoms. The van der Waals surface area contributed by atoms with E-state index in [4.69, 9.17) is 0 Å². The third-order valence-corrected chi connectivity index (χ3v) is 16.7. The van der Waals surface area contributed by atoms with Crippen LogP contribution in [-0.4, -0.2) is 58.6 Å². The Hall–Kier alpha value is 2.65. The second kappa shape index (κ2) is 17.2. The zero-order chi connectivity index (χ0) is 21.0. The third-order valence-electron chi connectivity index (χ3n) is 3.69. The Balaban J connectivity index is 0.000000438. The van der Waals surface area contributed by atoms with Crippen LogP contribution < -0.4 is 17.4 Å². The molecule has 2 aromatic carbocycles. The van der Waals surface area contributed by atoms with Crippen LogP contribution in [0.25, 0.3) is 0 Å². The van der Waals surface area contributed by atoms with Gasteiger partial charge in [-0.2, -0.15) is 0 Å². The van der Waals surface area contributed by atoms with E-state index in [1.807, 2.05) is 0 Å². The van der Waals surface area contributed by atoms with Crippen LogP contribution in [0.2, 0.25) is 45.7 Å². The van der Waals surface area contributed by atoms with E-state index in [1.165, 1.54) is 8.46 Å². The van der Waals surface area contributed by atoms with Gasteiger partial charge in [-0.15, -0.1) is 0 Å².